The van der Waals surface area contributed by atoms with Crippen LogP contribution in [-0.2, 0) is 0 Å². The molecule has 164 valence electrons. The summed E-state index contributed by atoms with van der Waals surface area (Å²) < 4.78 is 1.55. The van der Waals surface area contributed by atoms with Gasteiger partial charge in [-0.05, 0) is 42.7 Å². The number of carbonyl (C=O) groups excluding carboxylic acids is 2. The molecular formula is C22H14N4O6S. The highest BCUT2D eigenvalue weighted by Crippen LogP contribution is 2.21. The number of hydrogen-bond donors (Lipinski definition) is 0. The zero-order chi connectivity index (χ0) is 23.7. The number of aryl methyl sites for hydroxylation is 1. The normalized spacial score (nSPS) is 11.5. The predicted octanol–water partition coefficient (Wildman–Crippen LogP) is 4.26. The first-order valence-corrected chi connectivity index (χ1v) is 10.3. The van der Waals surface area contributed by atoms with Gasteiger partial charge in [-0.1, -0.05) is 23.8 Å². The quantitative estimate of drug-likeness (QED) is 0.328. The smallest absolute Gasteiger partial charge is 0.267 e. The molecule has 10 nitrogen and oxygen atoms in total. The van der Waals surface area contributed by atoms with E-state index in [-0.39, 0.29) is 27.2 Å². The van der Waals surface area contributed by atoms with E-state index < -0.39 is 21.7 Å². The van der Waals surface area contributed by atoms with Crippen molar-refractivity contribution in [3.63, 3.8) is 0 Å². The number of non-ortho nitro benzene ring substituents is 2. The van der Waals surface area contributed by atoms with Crippen molar-refractivity contribution in [1.82, 2.24) is 3.96 Å². The molecule has 1 heterocycles. The summed E-state index contributed by atoms with van der Waals surface area (Å²) in [5.41, 5.74) is 1.04. The Hall–Kier alpha value is -4.51. The van der Waals surface area contributed by atoms with Crippen molar-refractivity contribution in [2.75, 3.05) is 0 Å². The van der Waals surface area contributed by atoms with Gasteiger partial charge in [0.1, 0.15) is 4.67 Å². The summed E-state index contributed by atoms with van der Waals surface area (Å²) in [5, 5.41) is 22.6. The van der Waals surface area contributed by atoms with Crippen LogP contribution in [0.1, 0.15) is 26.3 Å². The standard InChI is InChI=1S/C22H14N4O6S/c1-13-8-9-19-18(10-13)21(23-20(27)14-4-2-6-16(11-14)25(29)30)33-24(19)22(28)15-5-3-7-17(12-15)26(31)32/h2-12H,1H3. The number of amides is 1. The van der Waals surface area contributed by atoms with Crippen molar-refractivity contribution in [2.24, 2.45) is 4.99 Å². The highest BCUT2D eigenvalue weighted by atomic mass is 32.1. The molecular weight excluding hydrogens is 448 g/mol. The Morgan fingerprint density at radius 2 is 1.48 bits per heavy atom. The summed E-state index contributed by atoms with van der Waals surface area (Å²) in [6.07, 6.45) is 0. The van der Waals surface area contributed by atoms with Gasteiger partial charge in [0.15, 0.2) is 0 Å². The minimum Gasteiger partial charge on any atom is -0.267 e. The molecule has 0 unspecified atom stereocenters. The van der Waals surface area contributed by atoms with Crippen LogP contribution >= 0.6 is 11.5 Å². The van der Waals surface area contributed by atoms with Gasteiger partial charge in [0, 0.05) is 40.8 Å². The van der Waals surface area contributed by atoms with Gasteiger partial charge in [-0.15, -0.1) is 0 Å². The minimum absolute atomic E-state index is 0.0370. The third-order valence-corrected chi connectivity index (χ3v) is 5.80. The van der Waals surface area contributed by atoms with Crippen molar-refractivity contribution in [3.8, 4) is 0 Å². The van der Waals surface area contributed by atoms with Gasteiger partial charge in [-0.3, -0.25) is 29.8 Å². The molecule has 1 amide bonds. The lowest BCUT2D eigenvalue weighted by Crippen LogP contribution is -2.10. The fraction of sp³-hybridized carbons (Fsp3) is 0.0455. The van der Waals surface area contributed by atoms with E-state index >= 15 is 0 Å². The molecule has 0 radical (unpaired) electrons. The lowest BCUT2D eigenvalue weighted by molar-refractivity contribution is -0.385. The van der Waals surface area contributed by atoms with Crippen molar-refractivity contribution in [1.29, 1.82) is 0 Å². The molecule has 0 N–H and O–H groups in total. The van der Waals surface area contributed by atoms with Crippen LogP contribution in [0.5, 0.6) is 0 Å². The van der Waals surface area contributed by atoms with E-state index in [1.807, 2.05) is 6.92 Å². The third kappa shape index (κ3) is 4.29. The third-order valence-electron chi connectivity index (χ3n) is 4.77. The Morgan fingerprint density at radius 1 is 0.879 bits per heavy atom. The fourth-order valence-electron chi connectivity index (χ4n) is 3.19. The van der Waals surface area contributed by atoms with Crippen molar-refractivity contribution >= 4 is 45.6 Å². The maximum atomic E-state index is 13.2. The number of nitro benzene ring substituents is 2. The molecule has 0 saturated heterocycles. The average Bonchev–Trinajstić information content (AvgIpc) is 3.15. The zero-order valence-electron chi connectivity index (χ0n) is 17.0. The molecule has 1 aromatic heterocycles. The second kappa shape index (κ2) is 8.55. The molecule has 0 saturated carbocycles. The number of aromatic nitrogens is 1. The molecule has 0 fully saturated rings. The number of rotatable bonds is 4. The first-order valence-electron chi connectivity index (χ1n) is 9.50. The highest BCUT2D eigenvalue weighted by molar-refractivity contribution is 7.06. The summed E-state index contributed by atoms with van der Waals surface area (Å²) in [6.45, 7) is 1.84. The van der Waals surface area contributed by atoms with Crippen molar-refractivity contribution in [2.45, 2.75) is 6.92 Å². The van der Waals surface area contributed by atoms with Crippen LogP contribution in [0.4, 0.5) is 11.4 Å². The van der Waals surface area contributed by atoms with E-state index in [1.54, 1.807) is 18.2 Å². The van der Waals surface area contributed by atoms with E-state index in [2.05, 4.69) is 4.99 Å². The minimum atomic E-state index is -0.696. The number of fused-ring (bicyclic) bond motifs is 1. The highest BCUT2D eigenvalue weighted by Gasteiger charge is 2.18. The van der Waals surface area contributed by atoms with Crippen molar-refractivity contribution < 1.29 is 19.4 Å². The van der Waals surface area contributed by atoms with E-state index in [4.69, 9.17) is 0 Å². The van der Waals surface area contributed by atoms with Crippen LogP contribution in [0.2, 0.25) is 0 Å². The number of carbonyl (C=O) groups is 2. The van der Waals surface area contributed by atoms with E-state index in [0.29, 0.717) is 10.9 Å². The fourth-order valence-corrected chi connectivity index (χ4v) is 4.20. The topological polar surface area (TPSA) is 138 Å². The van der Waals surface area contributed by atoms with Gasteiger partial charge in [-0.25, -0.2) is 3.96 Å². The Kier molecular flexibility index (Phi) is 5.63. The average molecular weight is 462 g/mol. The number of nitro groups is 2. The lowest BCUT2D eigenvalue weighted by atomic mass is 10.1. The number of nitrogens with zero attached hydrogens (tertiary/aromatic N) is 4. The van der Waals surface area contributed by atoms with E-state index in [9.17, 15) is 29.8 Å². The SMILES string of the molecule is Cc1ccc2c(c1)c(=NC(=O)c1cccc([N+](=O)[O-])c1)sn2C(=O)c1cccc([N+](=O)[O-])c1. The van der Waals surface area contributed by atoms with Gasteiger partial charge in [0.05, 0.1) is 15.4 Å². The van der Waals surface area contributed by atoms with Crippen LogP contribution in [-0.4, -0.2) is 25.6 Å². The molecule has 0 aliphatic heterocycles. The molecule has 0 atom stereocenters. The summed E-state index contributed by atoms with van der Waals surface area (Å²) >= 11 is 0.908. The molecule has 3 aromatic carbocycles. The second-order valence-corrected chi connectivity index (χ2v) is 7.98. The van der Waals surface area contributed by atoms with Crippen molar-refractivity contribution in [3.05, 3.63) is 108 Å². The lowest BCUT2D eigenvalue weighted by Gasteiger charge is -2.03. The molecule has 33 heavy (non-hydrogen) atoms. The maximum absolute atomic E-state index is 13.2. The first-order chi connectivity index (χ1) is 15.7. The summed E-state index contributed by atoms with van der Waals surface area (Å²) in [7, 11) is 0. The Labute approximate surface area is 189 Å². The Morgan fingerprint density at radius 3 is 2.12 bits per heavy atom. The molecule has 0 aliphatic rings. The first kappa shape index (κ1) is 21.7. The summed E-state index contributed by atoms with van der Waals surface area (Å²) in [6, 6.07) is 15.8. The van der Waals surface area contributed by atoms with Crippen LogP contribution in [0.3, 0.4) is 0 Å². The summed E-state index contributed by atoms with van der Waals surface area (Å²) in [4.78, 5) is 50.9. The second-order valence-electron chi connectivity index (χ2n) is 7.05. The summed E-state index contributed by atoms with van der Waals surface area (Å²) in [5.74, 6) is -1.21. The molecule has 0 spiro atoms. The predicted molar refractivity (Wildman–Crippen MR) is 120 cm³/mol. The Bertz CT molecular complexity index is 1540. The van der Waals surface area contributed by atoms with Gasteiger partial charge in [0.2, 0.25) is 0 Å². The van der Waals surface area contributed by atoms with Crippen LogP contribution in [0, 0.1) is 27.2 Å². The molecule has 11 heteroatoms. The van der Waals surface area contributed by atoms with Gasteiger partial charge >= 0.3 is 0 Å². The van der Waals surface area contributed by atoms with Gasteiger partial charge < -0.3 is 0 Å². The molecule has 4 aromatic rings. The van der Waals surface area contributed by atoms with Crippen LogP contribution < -0.4 is 4.67 Å². The monoisotopic (exact) mass is 462 g/mol. The Balaban J connectivity index is 1.85. The van der Waals surface area contributed by atoms with Crippen LogP contribution in [0.25, 0.3) is 10.9 Å². The largest absolute Gasteiger partial charge is 0.278 e. The molecule has 4 rings (SSSR count). The number of benzene rings is 3. The van der Waals surface area contributed by atoms with Gasteiger partial charge in [-0.2, -0.15) is 4.99 Å². The zero-order valence-corrected chi connectivity index (χ0v) is 17.8. The molecule has 0 aliphatic carbocycles. The van der Waals surface area contributed by atoms with E-state index in [0.717, 1.165) is 23.2 Å². The maximum Gasteiger partial charge on any atom is 0.278 e. The van der Waals surface area contributed by atoms with Gasteiger partial charge in [0.25, 0.3) is 23.2 Å². The van der Waals surface area contributed by atoms with Crippen LogP contribution in [0.15, 0.2) is 71.7 Å². The molecule has 0 bridgehead atoms. The number of hydrogen-bond acceptors (Lipinski definition) is 7. The van der Waals surface area contributed by atoms with E-state index in [1.165, 1.54) is 46.4 Å².